The van der Waals surface area contributed by atoms with Crippen LogP contribution in [0.15, 0.2) is 54.6 Å². The molecule has 0 unspecified atom stereocenters. The zero-order chi connectivity index (χ0) is 14.7. The fraction of sp³-hybridized carbons (Fsp3) is 0.368. The van der Waals surface area contributed by atoms with Gasteiger partial charge in [0, 0.05) is 18.8 Å². The summed E-state index contributed by atoms with van der Waals surface area (Å²) in [6, 6.07) is 18.7. The number of aryl methyl sites for hydroxylation is 1. The van der Waals surface area contributed by atoms with Crippen LogP contribution in [0, 0.1) is 0 Å². The Morgan fingerprint density at radius 3 is 2.24 bits per heavy atom. The fourth-order valence-corrected chi connectivity index (χ4v) is 3.27. The molecule has 0 spiro atoms. The molecule has 1 fully saturated rings. The maximum Gasteiger partial charge on any atom is 0.0930 e. The lowest BCUT2D eigenvalue weighted by Crippen LogP contribution is -2.42. The molecule has 1 heterocycles. The molecule has 1 aliphatic rings. The summed E-state index contributed by atoms with van der Waals surface area (Å²) in [4.78, 5) is 2.41. The predicted molar refractivity (Wildman–Crippen MR) is 87.6 cm³/mol. The Kier molecular flexibility index (Phi) is 3.98. The molecule has 0 radical (unpaired) electrons. The number of rotatable bonds is 3. The van der Waals surface area contributed by atoms with Gasteiger partial charge in [-0.2, -0.15) is 0 Å². The van der Waals surface area contributed by atoms with E-state index in [1.807, 2.05) is 30.3 Å². The third-order valence-electron chi connectivity index (χ3n) is 4.61. The molecular formula is C19H23NO. The number of para-hydroxylation sites is 1. The van der Waals surface area contributed by atoms with E-state index in [1.54, 1.807) is 0 Å². The van der Waals surface area contributed by atoms with Crippen molar-refractivity contribution in [3.8, 4) is 0 Å². The van der Waals surface area contributed by atoms with E-state index in [-0.39, 0.29) is 0 Å². The summed E-state index contributed by atoms with van der Waals surface area (Å²) >= 11 is 0. The van der Waals surface area contributed by atoms with Crippen molar-refractivity contribution in [3.63, 3.8) is 0 Å². The Balaban J connectivity index is 1.76. The van der Waals surface area contributed by atoms with E-state index in [0.29, 0.717) is 0 Å². The monoisotopic (exact) mass is 281 g/mol. The molecule has 1 N–H and O–H groups in total. The summed E-state index contributed by atoms with van der Waals surface area (Å²) in [6.07, 6.45) is 2.62. The van der Waals surface area contributed by atoms with Crippen LogP contribution >= 0.6 is 0 Å². The first kappa shape index (κ1) is 14.2. The van der Waals surface area contributed by atoms with E-state index in [0.717, 1.165) is 37.9 Å². The molecule has 0 atom stereocenters. The van der Waals surface area contributed by atoms with Crippen molar-refractivity contribution in [1.29, 1.82) is 0 Å². The van der Waals surface area contributed by atoms with Gasteiger partial charge in [-0.3, -0.25) is 0 Å². The van der Waals surface area contributed by atoms with Gasteiger partial charge in [0.05, 0.1) is 5.60 Å². The molecule has 110 valence electrons. The molecule has 0 saturated carbocycles. The smallest absolute Gasteiger partial charge is 0.0930 e. The molecule has 21 heavy (non-hydrogen) atoms. The van der Waals surface area contributed by atoms with Crippen LogP contribution in [-0.4, -0.2) is 18.2 Å². The predicted octanol–water partition coefficient (Wildman–Crippen LogP) is 3.74. The van der Waals surface area contributed by atoms with Crippen LogP contribution in [-0.2, 0) is 12.0 Å². The summed E-state index contributed by atoms with van der Waals surface area (Å²) in [5.74, 6) is 0. The van der Waals surface area contributed by atoms with E-state index in [4.69, 9.17) is 0 Å². The highest BCUT2D eigenvalue weighted by molar-refractivity contribution is 5.54. The van der Waals surface area contributed by atoms with Crippen molar-refractivity contribution in [1.82, 2.24) is 0 Å². The average molecular weight is 281 g/mol. The van der Waals surface area contributed by atoms with Crippen LogP contribution in [0.5, 0.6) is 0 Å². The van der Waals surface area contributed by atoms with Gasteiger partial charge in [0.15, 0.2) is 0 Å². The van der Waals surface area contributed by atoms with Gasteiger partial charge in [0.2, 0.25) is 0 Å². The fourth-order valence-electron chi connectivity index (χ4n) is 3.27. The topological polar surface area (TPSA) is 23.5 Å². The Bertz CT molecular complexity index is 586. The zero-order valence-corrected chi connectivity index (χ0v) is 12.6. The highest BCUT2D eigenvalue weighted by atomic mass is 16.3. The van der Waals surface area contributed by atoms with Gasteiger partial charge < -0.3 is 10.0 Å². The first-order valence-corrected chi connectivity index (χ1v) is 7.84. The number of hydrogen-bond acceptors (Lipinski definition) is 2. The van der Waals surface area contributed by atoms with Crippen molar-refractivity contribution in [2.45, 2.75) is 31.8 Å². The molecule has 1 saturated heterocycles. The summed E-state index contributed by atoms with van der Waals surface area (Å²) in [5, 5.41) is 10.9. The minimum Gasteiger partial charge on any atom is -0.385 e. The summed E-state index contributed by atoms with van der Waals surface area (Å²) in [5.41, 5.74) is 3.10. The Hall–Kier alpha value is -1.80. The maximum absolute atomic E-state index is 10.9. The Labute approximate surface area is 127 Å². The van der Waals surface area contributed by atoms with E-state index in [9.17, 15) is 5.11 Å². The number of nitrogens with zero attached hydrogens (tertiary/aromatic N) is 1. The molecule has 0 bridgehead atoms. The van der Waals surface area contributed by atoms with Crippen LogP contribution in [0.3, 0.4) is 0 Å². The second kappa shape index (κ2) is 5.90. The number of piperidine rings is 1. The van der Waals surface area contributed by atoms with Crippen molar-refractivity contribution >= 4 is 5.69 Å². The third-order valence-corrected chi connectivity index (χ3v) is 4.61. The van der Waals surface area contributed by atoms with E-state index >= 15 is 0 Å². The molecule has 0 amide bonds. The molecule has 3 rings (SSSR count). The lowest BCUT2D eigenvalue weighted by atomic mass is 9.84. The molecule has 0 aromatic heterocycles. The quantitative estimate of drug-likeness (QED) is 0.926. The first-order chi connectivity index (χ1) is 10.2. The molecule has 0 aliphatic carbocycles. The summed E-state index contributed by atoms with van der Waals surface area (Å²) in [7, 11) is 0. The SMILES string of the molecule is CCc1ccccc1N1CCC(O)(c2ccccc2)CC1. The van der Waals surface area contributed by atoms with E-state index < -0.39 is 5.60 Å². The van der Waals surface area contributed by atoms with Crippen molar-refractivity contribution < 1.29 is 5.11 Å². The maximum atomic E-state index is 10.9. The largest absolute Gasteiger partial charge is 0.385 e. The minimum atomic E-state index is -0.668. The van der Waals surface area contributed by atoms with Crippen molar-refractivity contribution in [2.24, 2.45) is 0 Å². The van der Waals surface area contributed by atoms with Gasteiger partial charge >= 0.3 is 0 Å². The second-order valence-corrected chi connectivity index (χ2v) is 5.87. The standard InChI is InChI=1S/C19H23NO/c1-2-16-8-6-7-11-18(16)20-14-12-19(21,13-15-20)17-9-4-3-5-10-17/h3-11,21H,2,12-15H2,1H3. The lowest BCUT2D eigenvalue weighted by molar-refractivity contribution is 0.0117. The summed E-state index contributed by atoms with van der Waals surface area (Å²) in [6.45, 7) is 4.01. The van der Waals surface area contributed by atoms with Crippen LogP contribution in [0.25, 0.3) is 0 Å². The van der Waals surface area contributed by atoms with Gasteiger partial charge in [-0.15, -0.1) is 0 Å². The number of aliphatic hydroxyl groups is 1. The molecule has 2 aromatic carbocycles. The van der Waals surface area contributed by atoms with Crippen LogP contribution in [0.2, 0.25) is 0 Å². The van der Waals surface area contributed by atoms with Crippen LogP contribution in [0.1, 0.15) is 30.9 Å². The molecule has 2 nitrogen and oxygen atoms in total. The van der Waals surface area contributed by atoms with E-state index in [2.05, 4.69) is 36.1 Å². The average Bonchev–Trinajstić information content (AvgIpc) is 2.56. The number of hydrogen-bond donors (Lipinski definition) is 1. The Morgan fingerprint density at radius 1 is 0.952 bits per heavy atom. The highest BCUT2D eigenvalue weighted by Gasteiger charge is 2.34. The normalized spacial score (nSPS) is 17.7. The Morgan fingerprint density at radius 2 is 1.57 bits per heavy atom. The molecule has 1 aliphatic heterocycles. The molecule has 2 aromatic rings. The summed E-state index contributed by atoms with van der Waals surface area (Å²) < 4.78 is 0. The van der Waals surface area contributed by atoms with Crippen molar-refractivity contribution in [2.75, 3.05) is 18.0 Å². The van der Waals surface area contributed by atoms with Gasteiger partial charge in [0.1, 0.15) is 0 Å². The van der Waals surface area contributed by atoms with Crippen LogP contribution < -0.4 is 4.90 Å². The minimum absolute atomic E-state index is 0.668. The van der Waals surface area contributed by atoms with Gasteiger partial charge in [0.25, 0.3) is 0 Å². The van der Waals surface area contributed by atoms with E-state index in [1.165, 1.54) is 11.3 Å². The number of anilines is 1. The zero-order valence-electron chi connectivity index (χ0n) is 12.6. The second-order valence-electron chi connectivity index (χ2n) is 5.87. The first-order valence-electron chi connectivity index (χ1n) is 7.84. The molecule has 2 heteroatoms. The van der Waals surface area contributed by atoms with Gasteiger partial charge in [-0.05, 0) is 36.5 Å². The highest BCUT2D eigenvalue weighted by Crippen LogP contribution is 2.35. The lowest BCUT2D eigenvalue weighted by Gasteiger charge is -2.40. The third kappa shape index (κ3) is 2.81. The van der Waals surface area contributed by atoms with Gasteiger partial charge in [-0.25, -0.2) is 0 Å². The van der Waals surface area contributed by atoms with Crippen LogP contribution in [0.4, 0.5) is 5.69 Å². The van der Waals surface area contributed by atoms with Gasteiger partial charge in [-0.1, -0.05) is 55.5 Å². The van der Waals surface area contributed by atoms with Crippen molar-refractivity contribution in [3.05, 3.63) is 65.7 Å². The number of benzene rings is 2. The molecular weight excluding hydrogens is 258 g/mol.